The number of nitrogens with one attached hydrogen (secondary N) is 2. The van der Waals surface area contributed by atoms with Crippen LogP contribution in [-0.4, -0.2) is 29.1 Å². The van der Waals surface area contributed by atoms with Crippen molar-refractivity contribution >= 4 is 56.4 Å². The molecule has 176 valence electrons. The van der Waals surface area contributed by atoms with Gasteiger partial charge in [0.2, 0.25) is 5.95 Å². The minimum absolute atomic E-state index is 0.0316. The van der Waals surface area contributed by atoms with Gasteiger partial charge in [-0.2, -0.15) is 0 Å². The predicted octanol–water partition coefficient (Wildman–Crippen LogP) is 3.95. The van der Waals surface area contributed by atoms with Gasteiger partial charge in [-0.1, -0.05) is 30.3 Å². The molecule has 0 radical (unpaired) electrons. The van der Waals surface area contributed by atoms with Gasteiger partial charge in [0.05, 0.1) is 39.2 Å². The molecule has 9 nitrogen and oxygen atoms in total. The van der Waals surface area contributed by atoms with E-state index >= 15 is 0 Å². The van der Waals surface area contributed by atoms with E-state index in [9.17, 15) is 8.76 Å². The van der Waals surface area contributed by atoms with Crippen LogP contribution in [0.1, 0.15) is 11.1 Å². The van der Waals surface area contributed by atoms with Gasteiger partial charge in [-0.05, 0) is 48.0 Å². The van der Waals surface area contributed by atoms with Gasteiger partial charge in [-0.25, -0.2) is 4.98 Å². The number of nitrogen functional groups attached to an aromatic ring is 1. The Bertz CT molecular complexity index is 1580. The summed E-state index contributed by atoms with van der Waals surface area (Å²) in [5.74, 6) is 0.684. The molecular weight excluding hydrogens is 462 g/mol. The number of nitrogens with zero attached hydrogens (tertiary/aromatic N) is 4. The van der Waals surface area contributed by atoms with E-state index in [2.05, 4.69) is 15.3 Å². The number of anilines is 3. The molecular formula is C25H22N7O2S-. The number of pyridine rings is 1. The average Bonchev–Trinajstić information content (AvgIpc) is 3.17. The lowest BCUT2D eigenvalue weighted by molar-refractivity contribution is 0.537. The number of amidine groups is 1. The van der Waals surface area contributed by atoms with Crippen LogP contribution in [0.4, 0.5) is 17.3 Å². The molecule has 4 N–H and O–H groups in total. The van der Waals surface area contributed by atoms with Gasteiger partial charge in [-0.15, -0.1) is 0 Å². The Morgan fingerprint density at radius 3 is 2.57 bits per heavy atom. The Balaban J connectivity index is 1.44. The zero-order valence-electron chi connectivity index (χ0n) is 18.8. The topological polar surface area (TPSA) is 136 Å². The lowest BCUT2D eigenvalue weighted by atomic mass is 10.1. The summed E-state index contributed by atoms with van der Waals surface area (Å²) in [6.07, 6.45) is 1.70. The molecule has 3 aromatic carbocycles. The Labute approximate surface area is 204 Å². The van der Waals surface area contributed by atoms with Gasteiger partial charge in [0.25, 0.3) is 0 Å². The van der Waals surface area contributed by atoms with E-state index in [0.717, 1.165) is 22.0 Å². The number of fused-ring (bicyclic) bond motifs is 2. The van der Waals surface area contributed by atoms with Crippen LogP contribution in [0.3, 0.4) is 0 Å². The van der Waals surface area contributed by atoms with Crippen LogP contribution >= 0.6 is 0 Å². The van der Waals surface area contributed by atoms with Gasteiger partial charge in [0.1, 0.15) is 5.84 Å². The highest BCUT2D eigenvalue weighted by molar-refractivity contribution is 7.81. The maximum absolute atomic E-state index is 12.2. The van der Waals surface area contributed by atoms with Crippen molar-refractivity contribution in [2.24, 2.45) is 12.8 Å². The second kappa shape index (κ2) is 9.16. The van der Waals surface area contributed by atoms with Crippen molar-refractivity contribution in [3.63, 3.8) is 0 Å². The number of aromatic nitrogens is 3. The number of hydrogen-bond donors (Lipinski definition) is 3. The van der Waals surface area contributed by atoms with E-state index in [1.54, 1.807) is 48.7 Å². The van der Waals surface area contributed by atoms with Crippen molar-refractivity contribution in [3.05, 3.63) is 90.1 Å². The molecule has 35 heavy (non-hydrogen) atoms. The second-order valence-electron chi connectivity index (χ2n) is 8.02. The third kappa shape index (κ3) is 4.44. The predicted molar refractivity (Wildman–Crippen MR) is 138 cm³/mol. The second-order valence-corrected chi connectivity index (χ2v) is 8.82. The summed E-state index contributed by atoms with van der Waals surface area (Å²) in [5.41, 5.74) is 10.5. The van der Waals surface area contributed by atoms with Crippen molar-refractivity contribution in [2.45, 2.75) is 6.54 Å². The van der Waals surface area contributed by atoms with Crippen LogP contribution < -0.4 is 15.4 Å². The number of hydrogen-bond acceptors (Lipinski definition) is 6. The van der Waals surface area contributed by atoms with Gasteiger partial charge < -0.3 is 20.2 Å². The van der Waals surface area contributed by atoms with Crippen molar-refractivity contribution in [1.29, 1.82) is 5.41 Å². The van der Waals surface area contributed by atoms with Crippen molar-refractivity contribution in [1.82, 2.24) is 14.5 Å². The number of nitrogens with two attached hydrogens (primary N) is 1. The molecule has 2 heterocycles. The fourth-order valence-electron chi connectivity index (χ4n) is 3.97. The summed E-state index contributed by atoms with van der Waals surface area (Å²) in [5, 5.41) is 11.7. The fraction of sp³-hybridized carbons (Fsp3) is 0.0800. The maximum Gasteiger partial charge on any atom is 0.203 e. The van der Waals surface area contributed by atoms with Crippen LogP contribution in [-0.2, 0) is 24.9 Å². The summed E-state index contributed by atoms with van der Waals surface area (Å²) in [4.78, 5) is 8.98. The third-order valence-corrected chi connectivity index (χ3v) is 6.50. The highest BCUT2D eigenvalue weighted by Crippen LogP contribution is 2.32. The zero-order valence-corrected chi connectivity index (χ0v) is 19.6. The first-order valence-electron chi connectivity index (χ1n) is 10.8. The van der Waals surface area contributed by atoms with E-state index in [-0.39, 0.29) is 5.84 Å². The third-order valence-electron chi connectivity index (χ3n) is 5.78. The van der Waals surface area contributed by atoms with Crippen LogP contribution in [0.15, 0.2) is 79.0 Å². The van der Waals surface area contributed by atoms with Gasteiger partial charge in [0.15, 0.2) is 0 Å². The number of imidazole rings is 1. The van der Waals surface area contributed by atoms with E-state index in [4.69, 9.17) is 11.1 Å². The first kappa shape index (κ1) is 22.5. The normalized spacial score (nSPS) is 12.1. The molecule has 5 aromatic rings. The SMILES string of the molecule is Cn1c(NCc2ccc(C(=N)N)cc2)nc2cc(N(c3ccc4ncccc4c3)S(=O)[O-])ccc21. The lowest BCUT2D eigenvalue weighted by Crippen LogP contribution is -2.19. The smallest absolute Gasteiger partial charge is 0.203 e. The molecule has 0 amide bonds. The van der Waals surface area contributed by atoms with Crippen molar-refractivity contribution < 1.29 is 8.76 Å². The minimum Gasteiger partial charge on any atom is -0.755 e. The molecule has 1 atom stereocenters. The first-order valence-corrected chi connectivity index (χ1v) is 11.8. The quantitative estimate of drug-likeness (QED) is 0.182. The summed E-state index contributed by atoms with van der Waals surface area (Å²) in [6, 6.07) is 21.8. The Hall–Kier alpha value is -4.28. The molecule has 2 aromatic heterocycles. The van der Waals surface area contributed by atoms with E-state index < -0.39 is 11.3 Å². The highest BCUT2D eigenvalue weighted by atomic mass is 32.2. The number of aryl methyl sites for hydroxylation is 1. The van der Waals surface area contributed by atoms with Crippen LogP contribution in [0, 0.1) is 5.41 Å². The summed E-state index contributed by atoms with van der Waals surface area (Å²) in [7, 11) is 1.90. The molecule has 0 bridgehead atoms. The molecule has 5 rings (SSSR count). The molecule has 0 saturated heterocycles. The molecule has 0 saturated carbocycles. The van der Waals surface area contributed by atoms with E-state index in [1.807, 2.05) is 41.9 Å². The Kier molecular flexibility index (Phi) is 5.89. The molecule has 0 aliphatic rings. The average molecular weight is 485 g/mol. The van der Waals surface area contributed by atoms with Gasteiger partial charge >= 0.3 is 0 Å². The van der Waals surface area contributed by atoms with Gasteiger partial charge in [0, 0.05) is 30.7 Å². The van der Waals surface area contributed by atoms with Crippen LogP contribution in [0.25, 0.3) is 21.9 Å². The van der Waals surface area contributed by atoms with Gasteiger partial charge in [-0.3, -0.25) is 18.9 Å². The largest absolute Gasteiger partial charge is 0.755 e. The van der Waals surface area contributed by atoms with Crippen LogP contribution in [0.2, 0.25) is 0 Å². The Morgan fingerprint density at radius 1 is 1.09 bits per heavy atom. The van der Waals surface area contributed by atoms with E-state index in [1.165, 1.54) is 4.31 Å². The summed E-state index contributed by atoms with van der Waals surface area (Å²) >= 11 is -2.53. The highest BCUT2D eigenvalue weighted by Gasteiger charge is 2.15. The number of benzene rings is 3. The zero-order chi connectivity index (χ0) is 24.5. The molecule has 0 aliphatic carbocycles. The monoisotopic (exact) mass is 484 g/mol. The van der Waals surface area contributed by atoms with E-state index in [0.29, 0.717) is 34.9 Å². The summed E-state index contributed by atoms with van der Waals surface area (Å²) in [6.45, 7) is 0.532. The summed E-state index contributed by atoms with van der Waals surface area (Å²) < 4.78 is 27.6. The number of rotatable bonds is 7. The van der Waals surface area contributed by atoms with Crippen molar-refractivity contribution in [2.75, 3.05) is 9.62 Å². The molecule has 0 fully saturated rings. The molecule has 0 aliphatic heterocycles. The molecule has 0 spiro atoms. The lowest BCUT2D eigenvalue weighted by Gasteiger charge is -2.26. The standard InChI is InChI=1S/C25H23N7O2S/c1-31-23-11-9-20(32(35(33)34)19-8-10-21-18(13-19)3-2-12-28-21)14-22(23)30-25(31)29-15-16-4-6-17(7-5-16)24(26)27/h2-14H,15H2,1H3,(H3,26,27)(H,29,30)(H,33,34)/p-1. The Morgan fingerprint density at radius 2 is 1.83 bits per heavy atom. The van der Waals surface area contributed by atoms with Crippen LogP contribution in [0.5, 0.6) is 0 Å². The minimum atomic E-state index is -2.53. The van der Waals surface area contributed by atoms with Crippen molar-refractivity contribution in [3.8, 4) is 0 Å². The maximum atomic E-state index is 12.2. The fourth-order valence-corrected chi connectivity index (χ4v) is 4.54. The molecule has 1 unspecified atom stereocenters. The molecule has 10 heteroatoms. The first-order chi connectivity index (χ1) is 16.9.